The zero-order valence-corrected chi connectivity index (χ0v) is 10.2. The molecule has 1 saturated carbocycles. The molecule has 3 heteroatoms. The predicted molar refractivity (Wildman–Crippen MR) is 62.4 cm³/mol. The molecule has 0 radical (unpaired) electrons. The van der Waals surface area contributed by atoms with Gasteiger partial charge in [-0.1, -0.05) is 0 Å². The lowest BCUT2D eigenvalue weighted by Gasteiger charge is -2.26. The van der Waals surface area contributed by atoms with E-state index in [0.29, 0.717) is 24.1 Å². The second-order valence-electron chi connectivity index (χ2n) is 5.65. The van der Waals surface area contributed by atoms with Crippen molar-refractivity contribution in [1.82, 2.24) is 5.32 Å². The van der Waals surface area contributed by atoms with Crippen LogP contribution in [0.2, 0.25) is 0 Å². The standard InChI is InChI=1S/C13H23NO2/c1-9(11-4-6-15-8-11)14-12-5-7-16-13(12)10-2-3-10/h9-14H,2-8H2,1H3. The van der Waals surface area contributed by atoms with Gasteiger partial charge in [-0.05, 0) is 44.4 Å². The van der Waals surface area contributed by atoms with Gasteiger partial charge in [0, 0.05) is 25.3 Å². The van der Waals surface area contributed by atoms with Crippen molar-refractivity contribution < 1.29 is 9.47 Å². The van der Waals surface area contributed by atoms with E-state index in [1.54, 1.807) is 0 Å². The minimum absolute atomic E-state index is 0.504. The molecule has 2 aliphatic heterocycles. The summed E-state index contributed by atoms with van der Waals surface area (Å²) >= 11 is 0. The maximum atomic E-state index is 5.86. The van der Waals surface area contributed by atoms with Crippen molar-refractivity contribution in [3.05, 3.63) is 0 Å². The zero-order valence-electron chi connectivity index (χ0n) is 10.2. The SMILES string of the molecule is CC(NC1CCOC1C1CC1)C1CCOC1. The van der Waals surface area contributed by atoms with Crippen molar-refractivity contribution in [3.63, 3.8) is 0 Å². The van der Waals surface area contributed by atoms with Gasteiger partial charge in [0.25, 0.3) is 0 Å². The maximum Gasteiger partial charge on any atom is 0.0757 e. The fraction of sp³-hybridized carbons (Fsp3) is 1.00. The summed E-state index contributed by atoms with van der Waals surface area (Å²) in [5, 5.41) is 3.79. The maximum absolute atomic E-state index is 5.86. The van der Waals surface area contributed by atoms with E-state index in [4.69, 9.17) is 9.47 Å². The molecule has 0 bridgehead atoms. The van der Waals surface area contributed by atoms with Gasteiger partial charge in [0.15, 0.2) is 0 Å². The van der Waals surface area contributed by atoms with Crippen LogP contribution < -0.4 is 5.32 Å². The quantitative estimate of drug-likeness (QED) is 0.788. The molecule has 4 atom stereocenters. The minimum atomic E-state index is 0.504. The molecule has 1 N–H and O–H groups in total. The van der Waals surface area contributed by atoms with Crippen LogP contribution in [0.15, 0.2) is 0 Å². The molecular weight excluding hydrogens is 202 g/mol. The highest BCUT2D eigenvalue weighted by atomic mass is 16.5. The summed E-state index contributed by atoms with van der Waals surface area (Å²) in [7, 11) is 0. The molecule has 1 aliphatic carbocycles. The summed E-state index contributed by atoms with van der Waals surface area (Å²) in [5.41, 5.74) is 0. The average molecular weight is 225 g/mol. The highest BCUT2D eigenvalue weighted by Crippen LogP contribution is 2.39. The largest absolute Gasteiger partial charge is 0.381 e. The Kier molecular flexibility index (Phi) is 3.18. The summed E-state index contributed by atoms with van der Waals surface area (Å²) in [6.07, 6.45) is 5.67. The molecule has 3 rings (SSSR count). The Morgan fingerprint density at radius 2 is 2.00 bits per heavy atom. The van der Waals surface area contributed by atoms with Crippen molar-refractivity contribution in [1.29, 1.82) is 0 Å². The first kappa shape index (κ1) is 11.0. The van der Waals surface area contributed by atoms with Gasteiger partial charge in [0.05, 0.1) is 12.7 Å². The fourth-order valence-electron chi connectivity index (χ4n) is 3.10. The van der Waals surface area contributed by atoms with Gasteiger partial charge in [0.2, 0.25) is 0 Å². The summed E-state index contributed by atoms with van der Waals surface area (Å²) in [4.78, 5) is 0. The Bertz CT molecular complexity index is 236. The van der Waals surface area contributed by atoms with Gasteiger partial charge in [-0.2, -0.15) is 0 Å². The van der Waals surface area contributed by atoms with E-state index in [0.717, 1.165) is 25.7 Å². The fourth-order valence-corrected chi connectivity index (χ4v) is 3.10. The highest BCUT2D eigenvalue weighted by molar-refractivity contribution is 4.95. The Labute approximate surface area is 97.9 Å². The Morgan fingerprint density at radius 1 is 1.12 bits per heavy atom. The lowest BCUT2D eigenvalue weighted by atomic mass is 9.97. The van der Waals surface area contributed by atoms with Crippen molar-refractivity contribution >= 4 is 0 Å². The Hall–Kier alpha value is -0.120. The molecule has 0 aromatic heterocycles. The van der Waals surface area contributed by atoms with Gasteiger partial charge in [-0.15, -0.1) is 0 Å². The normalized spacial score (nSPS) is 41.4. The molecule has 0 amide bonds. The lowest BCUT2D eigenvalue weighted by molar-refractivity contribution is 0.0769. The highest BCUT2D eigenvalue weighted by Gasteiger charge is 2.41. The third-order valence-corrected chi connectivity index (χ3v) is 4.37. The molecule has 0 spiro atoms. The molecule has 0 aromatic carbocycles. The predicted octanol–water partition coefficient (Wildman–Crippen LogP) is 1.57. The first-order valence-electron chi connectivity index (χ1n) is 6.80. The smallest absolute Gasteiger partial charge is 0.0757 e. The third kappa shape index (κ3) is 2.27. The van der Waals surface area contributed by atoms with Gasteiger partial charge in [-0.25, -0.2) is 0 Å². The second kappa shape index (κ2) is 4.63. The number of hydrogen-bond acceptors (Lipinski definition) is 3. The number of rotatable bonds is 4. The van der Waals surface area contributed by atoms with Gasteiger partial charge < -0.3 is 14.8 Å². The number of ether oxygens (including phenoxy) is 2. The lowest BCUT2D eigenvalue weighted by Crippen LogP contribution is -2.45. The van der Waals surface area contributed by atoms with Crippen molar-refractivity contribution in [2.24, 2.45) is 11.8 Å². The zero-order chi connectivity index (χ0) is 11.0. The Morgan fingerprint density at radius 3 is 2.69 bits per heavy atom. The summed E-state index contributed by atoms with van der Waals surface area (Å²) < 4.78 is 11.3. The first-order chi connectivity index (χ1) is 7.84. The molecule has 4 unspecified atom stereocenters. The van der Waals surface area contributed by atoms with E-state index in [9.17, 15) is 0 Å². The van der Waals surface area contributed by atoms with E-state index in [1.165, 1.54) is 25.7 Å². The third-order valence-electron chi connectivity index (χ3n) is 4.37. The van der Waals surface area contributed by atoms with Gasteiger partial charge >= 0.3 is 0 Å². The van der Waals surface area contributed by atoms with Crippen LogP contribution >= 0.6 is 0 Å². The Balaban J connectivity index is 1.52. The first-order valence-corrected chi connectivity index (χ1v) is 6.80. The molecule has 3 nitrogen and oxygen atoms in total. The monoisotopic (exact) mass is 225 g/mol. The second-order valence-corrected chi connectivity index (χ2v) is 5.65. The van der Waals surface area contributed by atoms with Crippen molar-refractivity contribution in [2.75, 3.05) is 19.8 Å². The van der Waals surface area contributed by atoms with Crippen LogP contribution in [0.4, 0.5) is 0 Å². The topological polar surface area (TPSA) is 30.5 Å². The van der Waals surface area contributed by atoms with Crippen LogP contribution in [0.3, 0.4) is 0 Å². The van der Waals surface area contributed by atoms with Crippen LogP contribution in [0.1, 0.15) is 32.6 Å². The molecule has 3 fully saturated rings. The van der Waals surface area contributed by atoms with Crippen molar-refractivity contribution in [3.8, 4) is 0 Å². The van der Waals surface area contributed by atoms with E-state index in [-0.39, 0.29) is 0 Å². The van der Waals surface area contributed by atoms with Crippen molar-refractivity contribution in [2.45, 2.75) is 50.8 Å². The summed E-state index contributed by atoms with van der Waals surface area (Å²) in [6.45, 7) is 5.15. The summed E-state index contributed by atoms with van der Waals surface area (Å²) in [5.74, 6) is 1.56. The molecule has 2 saturated heterocycles. The van der Waals surface area contributed by atoms with Crippen LogP contribution in [0.5, 0.6) is 0 Å². The molecule has 92 valence electrons. The molecule has 16 heavy (non-hydrogen) atoms. The number of nitrogens with one attached hydrogen (secondary N) is 1. The van der Waals surface area contributed by atoms with Gasteiger partial charge in [-0.3, -0.25) is 0 Å². The average Bonchev–Trinajstić information content (AvgIpc) is 2.83. The molecule has 0 aromatic rings. The van der Waals surface area contributed by atoms with Crippen LogP contribution in [-0.2, 0) is 9.47 Å². The summed E-state index contributed by atoms with van der Waals surface area (Å²) in [6, 6.07) is 1.18. The van der Waals surface area contributed by atoms with Crippen LogP contribution in [-0.4, -0.2) is 38.0 Å². The van der Waals surface area contributed by atoms with E-state index >= 15 is 0 Å². The van der Waals surface area contributed by atoms with Gasteiger partial charge in [0.1, 0.15) is 0 Å². The van der Waals surface area contributed by atoms with E-state index in [1.807, 2.05) is 0 Å². The minimum Gasteiger partial charge on any atom is -0.381 e. The van der Waals surface area contributed by atoms with Crippen LogP contribution in [0.25, 0.3) is 0 Å². The van der Waals surface area contributed by atoms with E-state index in [2.05, 4.69) is 12.2 Å². The van der Waals surface area contributed by atoms with E-state index < -0.39 is 0 Å². The molecule has 3 aliphatic rings. The number of hydrogen-bond donors (Lipinski definition) is 1. The van der Waals surface area contributed by atoms with Crippen LogP contribution in [0, 0.1) is 11.8 Å². The molecular formula is C13H23NO2. The molecule has 2 heterocycles.